The van der Waals surface area contributed by atoms with Gasteiger partial charge in [0.2, 0.25) is 0 Å². The van der Waals surface area contributed by atoms with Crippen molar-refractivity contribution in [3.63, 3.8) is 0 Å². The molecule has 0 spiro atoms. The van der Waals surface area contributed by atoms with Crippen molar-refractivity contribution in [2.24, 2.45) is 46.2 Å². The van der Waals surface area contributed by atoms with E-state index in [2.05, 4.69) is 79.7 Å². The van der Waals surface area contributed by atoms with E-state index in [1.54, 1.807) is 0 Å². The summed E-state index contributed by atoms with van der Waals surface area (Å²) in [4.78, 5) is 0. The Morgan fingerprint density at radius 3 is 2.11 bits per heavy atom. The van der Waals surface area contributed by atoms with Crippen LogP contribution in [0.15, 0.2) is 24.3 Å². The SMILES string of the molecule is CC(C)CC(N)OC1CCC2CC(CC(C)(C)C(CC(C)OCCOc3ccc(C4CCCCC4)cc3)C(C)(C)C)CCC2C1. The smallest absolute Gasteiger partial charge is 0.119 e. The Balaban J connectivity index is 1.20. The number of nitrogens with two attached hydrogens (primary N) is 1. The molecule has 0 radical (unpaired) electrons. The first kappa shape index (κ1) is 36.7. The molecule has 0 amide bonds. The average Bonchev–Trinajstić information content (AvgIpc) is 2.97. The number of ether oxygens (including phenoxy) is 3. The van der Waals surface area contributed by atoms with E-state index >= 15 is 0 Å². The second kappa shape index (κ2) is 16.8. The highest BCUT2D eigenvalue weighted by atomic mass is 16.5. The molecular formula is C41H71NO3. The fraction of sp³-hybridized carbons (Fsp3) is 0.854. The van der Waals surface area contributed by atoms with Gasteiger partial charge in [-0.2, -0.15) is 0 Å². The van der Waals surface area contributed by atoms with E-state index in [-0.39, 0.29) is 23.2 Å². The summed E-state index contributed by atoms with van der Waals surface area (Å²) < 4.78 is 18.8. The van der Waals surface area contributed by atoms with Crippen LogP contribution in [0.1, 0.15) is 157 Å². The van der Waals surface area contributed by atoms with Gasteiger partial charge in [0.25, 0.3) is 0 Å². The summed E-state index contributed by atoms with van der Waals surface area (Å²) in [6, 6.07) is 8.87. The van der Waals surface area contributed by atoms with E-state index in [1.165, 1.54) is 82.6 Å². The van der Waals surface area contributed by atoms with Gasteiger partial charge in [0, 0.05) is 0 Å². The molecule has 0 heterocycles. The van der Waals surface area contributed by atoms with Crippen LogP contribution in [0, 0.1) is 40.4 Å². The summed E-state index contributed by atoms with van der Waals surface area (Å²) in [6.07, 6.45) is 18.6. The number of hydrogen-bond acceptors (Lipinski definition) is 4. The third-order valence-corrected chi connectivity index (χ3v) is 11.8. The Bertz CT molecular complexity index is 975. The van der Waals surface area contributed by atoms with Gasteiger partial charge in [-0.25, -0.2) is 0 Å². The number of rotatable bonds is 15. The van der Waals surface area contributed by atoms with Crippen LogP contribution in [0.2, 0.25) is 0 Å². The van der Waals surface area contributed by atoms with E-state index in [0.29, 0.717) is 31.2 Å². The molecule has 45 heavy (non-hydrogen) atoms. The quantitative estimate of drug-likeness (QED) is 0.156. The Hall–Kier alpha value is -1.10. The summed E-state index contributed by atoms with van der Waals surface area (Å²) in [5, 5.41) is 0. The van der Waals surface area contributed by atoms with E-state index < -0.39 is 0 Å². The van der Waals surface area contributed by atoms with Gasteiger partial charge in [0.1, 0.15) is 18.6 Å². The highest BCUT2D eigenvalue weighted by molar-refractivity contribution is 5.29. The van der Waals surface area contributed by atoms with Gasteiger partial charge in [-0.15, -0.1) is 0 Å². The Morgan fingerprint density at radius 2 is 1.44 bits per heavy atom. The molecular weight excluding hydrogens is 554 g/mol. The third kappa shape index (κ3) is 11.5. The molecule has 3 saturated carbocycles. The molecule has 1 aromatic carbocycles. The molecule has 4 rings (SSSR count). The van der Waals surface area contributed by atoms with Crippen molar-refractivity contribution in [1.82, 2.24) is 0 Å². The van der Waals surface area contributed by atoms with Crippen LogP contribution in [-0.2, 0) is 9.47 Å². The lowest BCUT2D eigenvalue weighted by atomic mass is 9.58. The van der Waals surface area contributed by atoms with Gasteiger partial charge in [-0.05, 0) is 135 Å². The topological polar surface area (TPSA) is 53.7 Å². The Kier molecular flexibility index (Phi) is 13.7. The maximum absolute atomic E-state index is 6.38. The summed E-state index contributed by atoms with van der Waals surface area (Å²) in [6.45, 7) is 20.4. The maximum atomic E-state index is 6.38. The van der Waals surface area contributed by atoms with Crippen molar-refractivity contribution in [1.29, 1.82) is 0 Å². The first-order chi connectivity index (χ1) is 21.3. The highest BCUT2D eigenvalue weighted by Gasteiger charge is 2.43. The number of fused-ring (bicyclic) bond motifs is 1. The molecule has 7 unspecified atom stereocenters. The Labute approximate surface area is 278 Å². The van der Waals surface area contributed by atoms with Crippen LogP contribution < -0.4 is 10.5 Å². The van der Waals surface area contributed by atoms with Crippen LogP contribution in [-0.4, -0.2) is 31.6 Å². The second-order valence-electron chi connectivity index (χ2n) is 17.7. The standard InChI is InChI=1S/C41H71NO3/c1-29(2)24-39(42)45-37-21-18-34-26-31(14-15-35(34)27-37)28-41(7,8)38(40(4,5)6)25-30(3)43-22-23-44-36-19-16-33(17-20-36)32-12-10-9-11-13-32/h16-17,19-20,29-32,34-35,37-39H,9-15,18,21-28,42H2,1-8H3. The van der Waals surface area contributed by atoms with E-state index in [4.69, 9.17) is 19.9 Å². The fourth-order valence-corrected chi connectivity index (χ4v) is 9.83. The lowest BCUT2D eigenvalue weighted by Crippen LogP contribution is -2.41. The van der Waals surface area contributed by atoms with Crippen LogP contribution in [0.25, 0.3) is 0 Å². The number of benzene rings is 1. The van der Waals surface area contributed by atoms with Crippen LogP contribution in [0.3, 0.4) is 0 Å². The molecule has 0 aliphatic heterocycles. The Morgan fingerprint density at radius 1 is 0.778 bits per heavy atom. The molecule has 3 aliphatic carbocycles. The van der Waals surface area contributed by atoms with Crippen LogP contribution >= 0.6 is 0 Å². The van der Waals surface area contributed by atoms with Crippen molar-refractivity contribution in [3.05, 3.63) is 29.8 Å². The highest BCUT2D eigenvalue weighted by Crippen LogP contribution is 2.51. The van der Waals surface area contributed by atoms with Gasteiger partial charge in [0.05, 0.1) is 18.8 Å². The van der Waals surface area contributed by atoms with Crippen LogP contribution in [0.5, 0.6) is 5.75 Å². The molecule has 0 saturated heterocycles. The average molecular weight is 626 g/mol. The lowest BCUT2D eigenvalue weighted by molar-refractivity contribution is -0.0677. The minimum Gasteiger partial charge on any atom is -0.491 e. The molecule has 3 fully saturated rings. The zero-order chi connectivity index (χ0) is 32.6. The molecule has 4 heteroatoms. The molecule has 0 bridgehead atoms. The summed E-state index contributed by atoms with van der Waals surface area (Å²) >= 11 is 0. The summed E-state index contributed by atoms with van der Waals surface area (Å²) in [5.41, 5.74) is 8.30. The molecule has 0 aromatic heterocycles. The van der Waals surface area contributed by atoms with Crippen molar-refractivity contribution in [2.75, 3.05) is 13.2 Å². The summed E-state index contributed by atoms with van der Waals surface area (Å²) in [7, 11) is 0. The second-order valence-corrected chi connectivity index (χ2v) is 17.7. The largest absolute Gasteiger partial charge is 0.491 e. The van der Waals surface area contributed by atoms with Crippen molar-refractivity contribution in [3.8, 4) is 5.75 Å². The van der Waals surface area contributed by atoms with E-state index in [9.17, 15) is 0 Å². The van der Waals surface area contributed by atoms with Gasteiger partial charge in [-0.1, -0.05) is 86.3 Å². The minimum absolute atomic E-state index is 0.0972. The maximum Gasteiger partial charge on any atom is 0.119 e. The van der Waals surface area contributed by atoms with Crippen molar-refractivity contribution < 1.29 is 14.2 Å². The van der Waals surface area contributed by atoms with E-state index in [0.717, 1.165) is 42.3 Å². The molecule has 4 nitrogen and oxygen atoms in total. The predicted molar refractivity (Wildman–Crippen MR) is 190 cm³/mol. The minimum atomic E-state index is -0.0972. The number of hydrogen-bond donors (Lipinski definition) is 1. The third-order valence-electron chi connectivity index (χ3n) is 11.8. The molecule has 3 aliphatic rings. The normalized spacial score (nSPS) is 27.2. The summed E-state index contributed by atoms with van der Waals surface area (Å²) in [5.74, 6) is 5.43. The fourth-order valence-electron chi connectivity index (χ4n) is 9.83. The van der Waals surface area contributed by atoms with Gasteiger partial charge in [0.15, 0.2) is 0 Å². The lowest BCUT2D eigenvalue weighted by Gasteiger charge is -2.48. The van der Waals surface area contributed by atoms with Gasteiger partial charge < -0.3 is 19.9 Å². The van der Waals surface area contributed by atoms with Crippen molar-refractivity contribution in [2.45, 2.75) is 170 Å². The first-order valence-corrected chi connectivity index (χ1v) is 19.1. The van der Waals surface area contributed by atoms with E-state index in [1.807, 2.05) is 0 Å². The van der Waals surface area contributed by atoms with Gasteiger partial charge >= 0.3 is 0 Å². The van der Waals surface area contributed by atoms with Gasteiger partial charge in [-0.3, -0.25) is 0 Å². The monoisotopic (exact) mass is 626 g/mol. The molecule has 258 valence electrons. The van der Waals surface area contributed by atoms with Crippen LogP contribution in [0.4, 0.5) is 0 Å². The zero-order valence-electron chi connectivity index (χ0n) is 30.6. The molecule has 2 N–H and O–H groups in total. The van der Waals surface area contributed by atoms with Crippen molar-refractivity contribution >= 4 is 0 Å². The molecule has 1 aromatic rings. The molecule has 7 atom stereocenters. The predicted octanol–water partition coefficient (Wildman–Crippen LogP) is 10.9. The first-order valence-electron chi connectivity index (χ1n) is 19.1. The zero-order valence-corrected chi connectivity index (χ0v) is 30.6.